The van der Waals surface area contributed by atoms with Crippen molar-refractivity contribution in [3.05, 3.63) is 70.0 Å². The summed E-state index contributed by atoms with van der Waals surface area (Å²) in [5.74, 6) is -0.385. The maximum absolute atomic E-state index is 13.0. The highest BCUT2D eigenvalue weighted by Crippen LogP contribution is 2.22. The number of nitro benzene ring substituents is 1. The van der Waals surface area contributed by atoms with Crippen LogP contribution >= 0.6 is 0 Å². The Balaban J connectivity index is 1.48. The number of benzene rings is 2. The van der Waals surface area contributed by atoms with Crippen LogP contribution in [-0.2, 0) is 4.79 Å². The number of non-ortho nitro benzene ring substituents is 1. The molecule has 2 aromatic rings. The molecular formula is C20H23FN4O3. The minimum atomic E-state index is -0.396. The van der Waals surface area contributed by atoms with E-state index >= 15 is 0 Å². The number of nitrogens with zero attached hydrogens (tertiary/aromatic N) is 3. The van der Waals surface area contributed by atoms with Crippen LogP contribution in [-0.4, -0.2) is 48.5 Å². The van der Waals surface area contributed by atoms with Crippen molar-refractivity contribution in [2.75, 3.05) is 37.6 Å². The first kappa shape index (κ1) is 19.8. The number of halogens is 1. The number of anilines is 1. The lowest BCUT2D eigenvalue weighted by molar-refractivity contribution is -0.384. The van der Waals surface area contributed by atoms with Gasteiger partial charge in [0.25, 0.3) is 5.69 Å². The molecule has 1 aliphatic rings. The molecule has 8 heteroatoms. The highest BCUT2D eigenvalue weighted by atomic mass is 19.1. The lowest BCUT2D eigenvalue weighted by atomic mass is 10.1. The van der Waals surface area contributed by atoms with Crippen molar-refractivity contribution < 1.29 is 14.1 Å². The molecule has 1 aliphatic heterocycles. The molecule has 1 amide bonds. The van der Waals surface area contributed by atoms with Gasteiger partial charge in [-0.2, -0.15) is 0 Å². The normalized spacial score (nSPS) is 15.9. The molecule has 0 saturated carbocycles. The molecule has 0 radical (unpaired) electrons. The second-order valence-corrected chi connectivity index (χ2v) is 6.88. The quantitative estimate of drug-likeness (QED) is 0.610. The average Bonchev–Trinajstić information content (AvgIpc) is 2.69. The molecule has 0 spiro atoms. The highest BCUT2D eigenvalue weighted by molar-refractivity contribution is 5.78. The van der Waals surface area contributed by atoms with Crippen LogP contribution in [0.25, 0.3) is 0 Å². The summed E-state index contributed by atoms with van der Waals surface area (Å²) in [7, 11) is 0. The Labute approximate surface area is 162 Å². The molecule has 1 N–H and O–H groups in total. The van der Waals surface area contributed by atoms with Crippen LogP contribution in [0.2, 0.25) is 0 Å². The molecule has 1 atom stereocenters. The zero-order valence-electron chi connectivity index (χ0n) is 15.7. The van der Waals surface area contributed by atoms with E-state index in [2.05, 4.69) is 15.1 Å². The Morgan fingerprint density at radius 3 is 2.50 bits per heavy atom. The van der Waals surface area contributed by atoms with E-state index in [9.17, 15) is 19.3 Å². The second kappa shape index (κ2) is 8.79. The maximum atomic E-state index is 13.0. The fourth-order valence-electron chi connectivity index (χ4n) is 3.29. The van der Waals surface area contributed by atoms with E-state index < -0.39 is 4.92 Å². The van der Waals surface area contributed by atoms with Crippen LogP contribution in [0.1, 0.15) is 18.5 Å². The largest absolute Gasteiger partial charge is 0.369 e. The summed E-state index contributed by atoms with van der Waals surface area (Å²) in [4.78, 5) is 27.0. The van der Waals surface area contributed by atoms with Gasteiger partial charge in [0.05, 0.1) is 17.5 Å². The SMILES string of the molecule is CC(NC(=O)CN1CCN(c2cccc([N+](=O)[O-])c2)CC1)c1ccc(F)cc1. The minimum absolute atomic E-state index is 0.0779. The van der Waals surface area contributed by atoms with E-state index in [1.54, 1.807) is 24.3 Å². The van der Waals surface area contributed by atoms with Crippen molar-refractivity contribution in [2.45, 2.75) is 13.0 Å². The molecule has 3 rings (SSSR count). The molecule has 148 valence electrons. The van der Waals surface area contributed by atoms with Crippen LogP contribution in [0.3, 0.4) is 0 Å². The van der Waals surface area contributed by atoms with Crippen LogP contribution in [0.4, 0.5) is 15.8 Å². The van der Waals surface area contributed by atoms with Crippen molar-refractivity contribution in [1.82, 2.24) is 10.2 Å². The van der Waals surface area contributed by atoms with Gasteiger partial charge in [-0.25, -0.2) is 4.39 Å². The number of rotatable bonds is 6. The lowest BCUT2D eigenvalue weighted by Crippen LogP contribution is -2.49. The van der Waals surface area contributed by atoms with E-state index in [0.29, 0.717) is 26.2 Å². The smallest absolute Gasteiger partial charge is 0.271 e. The zero-order chi connectivity index (χ0) is 20.1. The van der Waals surface area contributed by atoms with E-state index in [1.807, 2.05) is 13.0 Å². The predicted molar refractivity (Wildman–Crippen MR) is 105 cm³/mol. The summed E-state index contributed by atoms with van der Waals surface area (Å²) >= 11 is 0. The summed E-state index contributed by atoms with van der Waals surface area (Å²) in [6.07, 6.45) is 0. The molecule has 1 fully saturated rings. The number of nitrogens with one attached hydrogen (secondary N) is 1. The Morgan fingerprint density at radius 1 is 1.18 bits per heavy atom. The lowest BCUT2D eigenvalue weighted by Gasteiger charge is -2.35. The fraction of sp³-hybridized carbons (Fsp3) is 0.350. The number of hydrogen-bond donors (Lipinski definition) is 1. The summed E-state index contributed by atoms with van der Waals surface area (Å²) in [5.41, 5.74) is 1.75. The average molecular weight is 386 g/mol. The molecule has 0 aliphatic carbocycles. The van der Waals surface area contributed by atoms with Gasteiger partial charge in [-0.15, -0.1) is 0 Å². The van der Waals surface area contributed by atoms with Crippen molar-refractivity contribution >= 4 is 17.3 Å². The third-order valence-corrected chi connectivity index (χ3v) is 4.89. The zero-order valence-corrected chi connectivity index (χ0v) is 15.7. The molecular weight excluding hydrogens is 363 g/mol. The first-order valence-electron chi connectivity index (χ1n) is 9.19. The number of amides is 1. The number of hydrogen-bond acceptors (Lipinski definition) is 5. The number of piperazine rings is 1. The topological polar surface area (TPSA) is 78.7 Å². The fourth-order valence-corrected chi connectivity index (χ4v) is 3.29. The standard InChI is InChI=1S/C20H23FN4O3/c1-15(16-5-7-17(21)8-6-16)22-20(26)14-23-9-11-24(12-10-23)18-3-2-4-19(13-18)25(27)28/h2-8,13,15H,9-12,14H2,1H3,(H,22,26). The molecule has 0 aromatic heterocycles. The Morgan fingerprint density at radius 2 is 1.86 bits per heavy atom. The highest BCUT2D eigenvalue weighted by Gasteiger charge is 2.21. The molecule has 1 unspecified atom stereocenters. The van der Waals surface area contributed by atoms with Gasteiger partial charge < -0.3 is 10.2 Å². The van der Waals surface area contributed by atoms with Gasteiger partial charge in [-0.05, 0) is 30.7 Å². The van der Waals surface area contributed by atoms with Gasteiger partial charge in [-0.1, -0.05) is 18.2 Å². The van der Waals surface area contributed by atoms with E-state index in [0.717, 1.165) is 11.3 Å². The number of carbonyl (C=O) groups excluding carboxylic acids is 1. The summed E-state index contributed by atoms with van der Waals surface area (Å²) in [6, 6.07) is 12.5. The third kappa shape index (κ3) is 5.04. The van der Waals surface area contributed by atoms with Crippen LogP contribution < -0.4 is 10.2 Å². The molecule has 2 aromatic carbocycles. The van der Waals surface area contributed by atoms with Gasteiger partial charge in [-0.3, -0.25) is 19.8 Å². The Bertz CT molecular complexity index is 836. The maximum Gasteiger partial charge on any atom is 0.271 e. The van der Waals surface area contributed by atoms with Crippen molar-refractivity contribution in [3.8, 4) is 0 Å². The minimum Gasteiger partial charge on any atom is -0.369 e. The first-order valence-corrected chi connectivity index (χ1v) is 9.19. The van der Waals surface area contributed by atoms with E-state index in [1.165, 1.54) is 18.2 Å². The summed E-state index contributed by atoms with van der Waals surface area (Å²) in [6.45, 7) is 4.94. The van der Waals surface area contributed by atoms with Gasteiger partial charge in [0.15, 0.2) is 0 Å². The van der Waals surface area contributed by atoms with Crippen LogP contribution in [0, 0.1) is 15.9 Å². The predicted octanol–water partition coefficient (Wildman–Crippen LogP) is 2.73. The molecule has 1 heterocycles. The number of nitro groups is 1. The van der Waals surface area contributed by atoms with Crippen molar-refractivity contribution in [1.29, 1.82) is 0 Å². The molecule has 28 heavy (non-hydrogen) atoms. The third-order valence-electron chi connectivity index (χ3n) is 4.89. The molecule has 0 bridgehead atoms. The van der Waals surface area contributed by atoms with Gasteiger partial charge in [0.2, 0.25) is 5.91 Å². The van der Waals surface area contributed by atoms with E-state index in [-0.39, 0.29) is 30.0 Å². The summed E-state index contributed by atoms with van der Waals surface area (Å²) in [5, 5.41) is 13.9. The van der Waals surface area contributed by atoms with Crippen molar-refractivity contribution in [2.24, 2.45) is 0 Å². The monoisotopic (exact) mass is 386 g/mol. The van der Waals surface area contributed by atoms with Gasteiger partial charge >= 0.3 is 0 Å². The summed E-state index contributed by atoms with van der Waals surface area (Å²) < 4.78 is 13.0. The Kier molecular flexibility index (Phi) is 6.20. The Hall–Kier alpha value is -3.00. The first-order chi connectivity index (χ1) is 13.4. The second-order valence-electron chi connectivity index (χ2n) is 6.88. The van der Waals surface area contributed by atoms with E-state index in [4.69, 9.17) is 0 Å². The molecule has 1 saturated heterocycles. The van der Waals surface area contributed by atoms with Gasteiger partial charge in [0, 0.05) is 44.0 Å². The van der Waals surface area contributed by atoms with Crippen molar-refractivity contribution in [3.63, 3.8) is 0 Å². The van der Waals surface area contributed by atoms with Crippen LogP contribution in [0.5, 0.6) is 0 Å². The molecule has 7 nitrogen and oxygen atoms in total. The van der Waals surface area contributed by atoms with Crippen LogP contribution in [0.15, 0.2) is 48.5 Å². The number of carbonyl (C=O) groups is 1. The van der Waals surface area contributed by atoms with Gasteiger partial charge in [0.1, 0.15) is 5.82 Å².